The van der Waals surface area contributed by atoms with E-state index in [-0.39, 0.29) is 6.29 Å². The van der Waals surface area contributed by atoms with Crippen LogP contribution in [0.4, 0.5) is 0 Å². The van der Waals surface area contributed by atoms with E-state index in [2.05, 4.69) is 15.3 Å². The first-order valence-corrected chi connectivity index (χ1v) is 12.4. The number of nitrogens with zero attached hydrogens (tertiary/aromatic N) is 2. The molecule has 19 heteroatoms. The summed E-state index contributed by atoms with van der Waals surface area (Å²) < 4.78 is 22.9. The van der Waals surface area contributed by atoms with Crippen LogP contribution < -0.4 is 28.3 Å². The molecule has 0 aromatic rings. The summed E-state index contributed by atoms with van der Waals surface area (Å²) in [6.07, 6.45) is -17.3. The fourth-order valence-corrected chi connectivity index (χ4v) is 5.08. The van der Waals surface area contributed by atoms with Gasteiger partial charge in [-0.25, -0.2) is 9.98 Å². The molecule has 19 nitrogen and oxygen atoms in total. The van der Waals surface area contributed by atoms with E-state index in [1.54, 1.807) is 0 Å². The number of hydrogen-bond acceptors (Lipinski definition) is 15. The van der Waals surface area contributed by atoms with Crippen molar-refractivity contribution >= 4 is 18.2 Å². The van der Waals surface area contributed by atoms with E-state index in [4.69, 9.17) is 41.9 Å². The Labute approximate surface area is 228 Å². The zero-order chi connectivity index (χ0) is 30.1. The average Bonchev–Trinajstić information content (AvgIpc) is 3.13. The van der Waals surface area contributed by atoms with Crippen LogP contribution in [0.2, 0.25) is 0 Å². The van der Waals surface area contributed by atoms with Gasteiger partial charge in [-0.3, -0.25) is 4.79 Å². The largest absolute Gasteiger partial charge is 0.394 e. The Hall–Kier alpha value is -2.27. The summed E-state index contributed by atoms with van der Waals surface area (Å²) in [6, 6.07) is -4.08. The first-order valence-electron chi connectivity index (χ1n) is 12.4. The highest BCUT2D eigenvalue weighted by Gasteiger charge is 2.60. The van der Waals surface area contributed by atoms with Gasteiger partial charge in [-0.1, -0.05) is 0 Å². The van der Waals surface area contributed by atoms with E-state index in [0.717, 1.165) is 0 Å². The zero-order valence-corrected chi connectivity index (χ0v) is 21.7. The van der Waals surface area contributed by atoms with Crippen molar-refractivity contribution in [2.45, 2.75) is 98.2 Å². The normalized spacial score (nSPS) is 47.4. The van der Waals surface area contributed by atoms with Crippen LogP contribution in [0, 0.1) is 0 Å². The van der Waals surface area contributed by atoms with Gasteiger partial charge in [0, 0.05) is 0 Å². The molecule has 0 aromatic carbocycles. The molecule has 16 N–H and O–H groups in total. The Morgan fingerprint density at radius 3 is 2.02 bits per heavy atom. The maximum absolute atomic E-state index is 12.1. The first-order chi connectivity index (χ1) is 18.7. The minimum atomic E-state index is -2.38. The van der Waals surface area contributed by atoms with Gasteiger partial charge in [-0.2, -0.15) is 0 Å². The first kappa shape index (κ1) is 32.2. The quantitative estimate of drug-likeness (QED) is 0.0682. The summed E-state index contributed by atoms with van der Waals surface area (Å²) in [5, 5.41) is 76.6. The molecule has 3 fully saturated rings. The zero-order valence-electron chi connectivity index (χ0n) is 21.7. The summed E-state index contributed by atoms with van der Waals surface area (Å²) in [5.41, 5.74) is 19.4. The lowest BCUT2D eigenvalue weighted by Crippen LogP contribution is -2.66. The second kappa shape index (κ2) is 12.7. The van der Waals surface area contributed by atoms with Crippen molar-refractivity contribution in [3.05, 3.63) is 0 Å². The predicted molar refractivity (Wildman–Crippen MR) is 133 cm³/mol. The van der Waals surface area contributed by atoms with Crippen molar-refractivity contribution < 1.29 is 59.5 Å². The molecule has 2 saturated heterocycles. The van der Waals surface area contributed by atoms with Crippen molar-refractivity contribution in [2.24, 2.45) is 32.9 Å². The molecular formula is C21H39N7O12. The predicted octanol–water partition coefficient (Wildman–Crippen LogP) is -8.16. The molecule has 40 heavy (non-hydrogen) atoms. The Kier molecular flexibility index (Phi) is 10.2. The molecule has 1 saturated carbocycles. The SMILES string of the molecule is CN[C@H]1[C@@H](O[C@@H]2[C@H](O[C@@H]3[C@H](O)[C@H](O)[C@H](N=C(N)N)[C@H](O)[C@@H]3N=C(N)N)O[C@H](C)[C@@]2(O)C=O)O[C@H](CO)[C@@H](O)[C@@H]1O. The number of aliphatic hydroxyl groups is 7. The van der Waals surface area contributed by atoms with Gasteiger partial charge in [0.1, 0.15) is 60.9 Å². The summed E-state index contributed by atoms with van der Waals surface area (Å²) >= 11 is 0. The van der Waals surface area contributed by atoms with Crippen molar-refractivity contribution in [3.63, 3.8) is 0 Å². The van der Waals surface area contributed by atoms with Gasteiger partial charge in [0.2, 0.25) is 0 Å². The van der Waals surface area contributed by atoms with Crippen LogP contribution in [-0.4, -0.2) is 159 Å². The number of aliphatic imine (C=N–C) groups is 2. The molecule has 1 aliphatic carbocycles. The number of carbonyl (C=O) groups is 1. The Bertz CT molecular complexity index is 940. The van der Waals surface area contributed by atoms with E-state index < -0.39 is 110 Å². The van der Waals surface area contributed by atoms with Crippen LogP contribution in [0.25, 0.3) is 0 Å². The molecule has 0 bridgehead atoms. The molecule has 230 valence electrons. The van der Waals surface area contributed by atoms with Crippen LogP contribution in [-0.2, 0) is 23.7 Å². The number of likely N-dealkylation sites (N-methyl/N-ethyl adjacent to an activating group) is 1. The molecule has 0 radical (unpaired) electrons. The van der Waals surface area contributed by atoms with E-state index in [1.807, 2.05) is 0 Å². The maximum Gasteiger partial charge on any atom is 0.188 e. The smallest absolute Gasteiger partial charge is 0.188 e. The Balaban J connectivity index is 1.96. The minimum Gasteiger partial charge on any atom is -0.394 e. The van der Waals surface area contributed by atoms with Crippen LogP contribution in [0.5, 0.6) is 0 Å². The van der Waals surface area contributed by atoms with E-state index in [1.165, 1.54) is 14.0 Å². The molecule has 0 spiro atoms. The van der Waals surface area contributed by atoms with Crippen LogP contribution in [0.3, 0.4) is 0 Å². The van der Waals surface area contributed by atoms with Crippen molar-refractivity contribution in [3.8, 4) is 0 Å². The number of nitrogens with one attached hydrogen (secondary N) is 1. The standard InChI is InChI=1S/C21H39N7O12/c1-5-21(36,4-30)16(40-17-9(26-2)13(34)10(31)6(3-29)38-17)18(37-5)39-15-8(28-20(24)25)11(32)7(27-19(22)23)12(33)14(15)35/h4-18,26,29,31-36H,3H2,1-2H3,(H4,22,23,27)(H4,24,25,28)/t5-,6-,7-,8+,9-,10-,11+,12-,13-,14-,15+,16-,17-,18+,21+/m1/s1. The summed E-state index contributed by atoms with van der Waals surface area (Å²) in [7, 11) is 1.42. The van der Waals surface area contributed by atoms with Crippen molar-refractivity contribution in [2.75, 3.05) is 13.7 Å². The number of ether oxygens (including phenoxy) is 4. The number of aliphatic hydroxyl groups excluding tert-OH is 6. The van der Waals surface area contributed by atoms with Crippen molar-refractivity contribution in [1.82, 2.24) is 5.32 Å². The van der Waals surface area contributed by atoms with Crippen LogP contribution in [0.15, 0.2) is 9.98 Å². The molecule has 3 aliphatic rings. The number of guanidine groups is 2. The molecule has 2 aliphatic heterocycles. The minimum absolute atomic E-state index is 0.140. The molecule has 2 heterocycles. The lowest BCUT2D eigenvalue weighted by atomic mass is 9.81. The summed E-state index contributed by atoms with van der Waals surface area (Å²) in [5.74, 6) is -1.03. The number of rotatable bonds is 9. The summed E-state index contributed by atoms with van der Waals surface area (Å²) in [4.78, 5) is 19.7. The fourth-order valence-electron chi connectivity index (χ4n) is 5.08. The lowest BCUT2D eigenvalue weighted by molar-refractivity contribution is -0.314. The van der Waals surface area contributed by atoms with Gasteiger partial charge in [-0.15, -0.1) is 0 Å². The number of nitrogens with two attached hydrogens (primary N) is 4. The topological polar surface area (TPSA) is 336 Å². The van der Waals surface area contributed by atoms with Gasteiger partial charge in [0.25, 0.3) is 0 Å². The van der Waals surface area contributed by atoms with Gasteiger partial charge in [0.15, 0.2) is 36.4 Å². The Morgan fingerprint density at radius 1 is 0.900 bits per heavy atom. The maximum atomic E-state index is 12.1. The molecular weight excluding hydrogens is 542 g/mol. The lowest BCUT2D eigenvalue weighted by Gasteiger charge is -2.45. The van der Waals surface area contributed by atoms with Gasteiger partial charge in [-0.05, 0) is 14.0 Å². The van der Waals surface area contributed by atoms with Gasteiger partial charge >= 0.3 is 0 Å². The second-order valence-corrected chi connectivity index (χ2v) is 9.89. The molecule has 15 atom stereocenters. The molecule has 0 aromatic heterocycles. The van der Waals surface area contributed by atoms with E-state index >= 15 is 0 Å². The third kappa shape index (κ3) is 6.00. The third-order valence-electron chi connectivity index (χ3n) is 7.34. The Morgan fingerprint density at radius 2 is 1.50 bits per heavy atom. The van der Waals surface area contributed by atoms with E-state index in [9.17, 15) is 40.5 Å². The fraction of sp³-hybridized carbons (Fsp3) is 0.857. The number of carbonyl (C=O) groups excluding carboxylic acids is 1. The van der Waals surface area contributed by atoms with Gasteiger partial charge < -0.3 is 82.9 Å². The molecule has 0 amide bonds. The third-order valence-corrected chi connectivity index (χ3v) is 7.34. The number of hydrogen-bond donors (Lipinski definition) is 12. The highest BCUT2D eigenvalue weighted by molar-refractivity contribution is 5.76. The van der Waals surface area contributed by atoms with Crippen molar-refractivity contribution in [1.29, 1.82) is 0 Å². The molecule has 3 rings (SSSR count). The monoisotopic (exact) mass is 581 g/mol. The average molecular weight is 582 g/mol. The van der Waals surface area contributed by atoms with Crippen LogP contribution in [0.1, 0.15) is 6.92 Å². The second-order valence-electron chi connectivity index (χ2n) is 9.89. The molecule has 0 unspecified atom stereocenters. The summed E-state index contributed by atoms with van der Waals surface area (Å²) in [6.45, 7) is 0.620. The highest BCUT2D eigenvalue weighted by Crippen LogP contribution is 2.38. The van der Waals surface area contributed by atoms with E-state index in [0.29, 0.717) is 0 Å². The highest BCUT2D eigenvalue weighted by atomic mass is 16.8. The van der Waals surface area contributed by atoms with Crippen LogP contribution >= 0.6 is 0 Å². The van der Waals surface area contributed by atoms with Gasteiger partial charge in [0.05, 0.1) is 18.8 Å². The number of aldehydes is 1.